The zero-order valence-electron chi connectivity index (χ0n) is 6.06. The Morgan fingerprint density at radius 2 is 2.36 bits per heavy atom. The normalized spacial score (nSPS) is 20.5. The van der Waals surface area contributed by atoms with E-state index in [0.29, 0.717) is 6.54 Å². The molecule has 0 spiro atoms. The molecule has 1 rings (SSSR count). The third-order valence-electron chi connectivity index (χ3n) is 1.63. The van der Waals surface area contributed by atoms with Gasteiger partial charge in [0, 0.05) is 13.1 Å². The van der Waals surface area contributed by atoms with Crippen LogP contribution in [0.5, 0.6) is 0 Å². The topological polar surface area (TPSA) is 3.24 Å². The molecule has 0 aromatic rings. The van der Waals surface area contributed by atoms with Crippen molar-refractivity contribution < 1.29 is 8.78 Å². The van der Waals surface area contributed by atoms with Gasteiger partial charge in [0.1, 0.15) is 0 Å². The fraction of sp³-hybridized carbons (Fsp3) is 0.714. The first-order valence-corrected chi connectivity index (χ1v) is 4.33. The van der Waals surface area contributed by atoms with Gasteiger partial charge in [0.25, 0.3) is 6.43 Å². The van der Waals surface area contributed by atoms with Gasteiger partial charge < -0.3 is 0 Å². The van der Waals surface area contributed by atoms with Crippen LogP contribution in [0.15, 0.2) is 10.6 Å². The Morgan fingerprint density at radius 3 is 2.82 bits per heavy atom. The van der Waals surface area contributed by atoms with Crippen LogP contribution in [-0.4, -0.2) is 31.0 Å². The molecule has 0 radical (unpaired) electrons. The smallest absolute Gasteiger partial charge is 0.251 e. The highest BCUT2D eigenvalue weighted by molar-refractivity contribution is 9.11. The Labute approximate surface area is 73.2 Å². The number of halogens is 3. The Hall–Kier alpha value is 0.0400. The number of rotatable bonds is 2. The lowest BCUT2D eigenvalue weighted by Gasteiger charge is -2.23. The summed E-state index contributed by atoms with van der Waals surface area (Å²) in [6, 6.07) is 0. The Bertz CT molecular complexity index is 159. The van der Waals surface area contributed by atoms with Crippen molar-refractivity contribution in [2.75, 3.05) is 19.6 Å². The Morgan fingerprint density at radius 1 is 1.64 bits per heavy atom. The van der Waals surface area contributed by atoms with E-state index in [4.69, 9.17) is 0 Å². The van der Waals surface area contributed by atoms with Gasteiger partial charge in [-0.25, -0.2) is 8.78 Å². The fourth-order valence-corrected chi connectivity index (χ4v) is 1.37. The van der Waals surface area contributed by atoms with Gasteiger partial charge in [-0.05, 0) is 10.9 Å². The maximum absolute atomic E-state index is 11.8. The van der Waals surface area contributed by atoms with Crippen molar-refractivity contribution >= 4 is 15.9 Å². The predicted molar refractivity (Wildman–Crippen MR) is 44.1 cm³/mol. The second kappa shape index (κ2) is 4.16. The van der Waals surface area contributed by atoms with Crippen molar-refractivity contribution in [3.05, 3.63) is 10.6 Å². The standard InChI is InChI=1S/C7H10BrF2N/c8-6-1-3-11(4-2-6)5-7(9)10/h1,7H,2-5H2. The molecule has 1 heterocycles. The van der Waals surface area contributed by atoms with Crippen LogP contribution in [0.2, 0.25) is 0 Å². The minimum absolute atomic E-state index is 0.100. The highest BCUT2D eigenvalue weighted by atomic mass is 79.9. The first-order chi connectivity index (χ1) is 5.18. The highest BCUT2D eigenvalue weighted by Gasteiger charge is 2.13. The first-order valence-electron chi connectivity index (χ1n) is 3.53. The molecule has 0 aromatic carbocycles. The van der Waals surface area contributed by atoms with Crippen LogP contribution in [0, 0.1) is 0 Å². The van der Waals surface area contributed by atoms with Gasteiger partial charge in [0.15, 0.2) is 0 Å². The number of hydrogen-bond donors (Lipinski definition) is 0. The van der Waals surface area contributed by atoms with E-state index in [2.05, 4.69) is 15.9 Å². The van der Waals surface area contributed by atoms with E-state index in [1.807, 2.05) is 6.08 Å². The average Bonchev–Trinajstić information content (AvgIpc) is 1.93. The summed E-state index contributed by atoms with van der Waals surface area (Å²) in [5, 5.41) is 0. The van der Waals surface area contributed by atoms with E-state index in [0.717, 1.165) is 17.4 Å². The molecule has 4 heteroatoms. The molecule has 1 aliphatic heterocycles. The van der Waals surface area contributed by atoms with Crippen molar-refractivity contribution in [1.29, 1.82) is 0 Å². The lowest BCUT2D eigenvalue weighted by molar-refractivity contribution is 0.0927. The Balaban J connectivity index is 2.29. The molecule has 0 atom stereocenters. The second-order valence-corrected chi connectivity index (χ2v) is 3.57. The summed E-state index contributed by atoms with van der Waals surface area (Å²) in [6.07, 6.45) is 0.582. The highest BCUT2D eigenvalue weighted by Crippen LogP contribution is 2.16. The van der Waals surface area contributed by atoms with Crippen molar-refractivity contribution in [3.8, 4) is 0 Å². The van der Waals surface area contributed by atoms with Crippen LogP contribution >= 0.6 is 15.9 Å². The SMILES string of the molecule is FC(F)CN1CC=C(Br)CC1. The largest absolute Gasteiger partial charge is 0.294 e. The molecule has 0 unspecified atom stereocenters. The van der Waals surface area contributed by atoms with Crippen LogP contribution in [0.3, 0.4) is 0 Å². The molecule has 0 saturated heterocycles. The monoisotopic (exact) mass is 225 g/mol. The van der Waals surface area contributed by atoms with Gasteiger partial charge in [0.2, 0.25) is 0 Å². The molecule has 64 valence electrons. The molecule has 0 aliphatic carbocycles. The fourth-order valence-electron chi connectivity index (χ4n) is 1.05. The molecule has 11 heavy (non-hydrogen) atoms. The molecule has 1 nitrogen and oxygen atoms in total. The van der Waals surface area contributed by atoms with Crippen LogP contribution in [0.25, 0.3) is 0 Å². The van der Waals surface area contributed by atoms with Gasteiger partial charge in [-0.3, -0.25) is 4.90 Å². The minimum Gasteiger partial charge on any atom is -0.294 e. The maximum atomic E-state index is 11.8. The molecule has 0 N–H and O–H groups in total. The Kier molecular flexibility index (Phi) is 3.45. The van der Waals surface area contributed by atoms with E-state index >= 15 is 0 Å². The maximum Gasteiger partial charge on any atom is 0.251 e. The zero-order chi connectivity index (χ0) is 8.27. The lowest BCUT2D eigenvalue weighted by Crippen LogP contribution is -2.32. The van der Waals surface area contributed by atoms with E-state index in [-0.39, 0.29) is 6.54 Å². The number of hydrogen-bond acceptors (Lipinski definition) is 1. The second-order valence-electron chi connectivity index (χ2n) is 2.55. The van der Waals surface area contributed by atoms with Crippen molar-refractivity contribution in [2.45, 2.75) is 12.8 Å². The van der Waals surface area contributed by atoms with Gasteiger partial charge in [-0.1, -0.05) is 22.0 Å². The minimum atomic E-state index is -2.21. The lowest BCUT2D eigenvalue weighted by atomic mass is 10.2. The molecule has 0 amide bonds. The molecule has 0 fully saturated rings. The third kappa shape index (κ3) is 3.29. The summed E-state index contributed by atoms with van der Waals surface area (Å²) in [5.41, 5.74) is 0. The number of alkyl halides is 2. The quantitative estimate of drug-likeness (QED) is 0.697. The van der Waals surface area contributed by atoms with Crippen molar-refractivity contribution in [2.24, 2.45) is 0 Å². The zero-order valence-corrected chi connectivity index (χ0v) is 7.65. The predicted octanol–water partition coefficient (Wildman–Crippen LogP) is 2.24. The van der Waals surface area contributed by atoms with Crippen molar-refractivity contribution in [1.82, 2.24) is 4.90 Å². The summed E-state index contributed by atoms with van der Waals surface area (Å²) < 4.78 is 24.8. The number of nitrogens with zero attached hydrogens (tertiary/aromatic N) is 1. The molecule has 1 aliphatic rings. The van der Waals surface area contributed by atoms with Gasteiger partial charge >= 0.3 is 0 Å². The summed E-state index contributed by atoms with van der Waals surface area (Å²) in [6.45, 7) is 1.28. The van der Waals surface area contributed by atoms with Crippen LogP contribution in [0.4, 0.5) is 8.78 Å². The summed E-state index contributed by atoms with van der Waals surface area (Å²) in [7, 11) is 0. The first kappa shape index (κ1) is 9.13. The van der Waals surface area contributed by atoms with Crippen molar-refractivity contribution in [3.63, 3.8) is 0 Å². The average molecular weight is 226 g/mol. The third-order valence-corrected chi connectivity index (χ3v) is 2.35. The van der Waals surface area contributed by atoms with Gasteiger partial charge in [-0.15, -0.1) is 0 Å². The molecular formula is C7H10BrF2N. The van der Waals surface area contributed by atoms with E-state index in [1.54, 1.807) is 4.90 Å². The molecule has 0 aromatic heterocycles. The summed E-state index contributed by atoms with van der Waals surface area (Å²) in [5.74, 6) is 0. The van der Waals surface area contributed by atoms with Crippen LogP contribution in [0.1, 0.15) is 6.42 Å². The summed E-state index contributed by atoms with van der Waals surface area (Å²) in [4.78, 5) is 1.75. The summed E-state index contributed by atoms with van der Waals surface area (Å²) >= 11 is 3.33. The van der Waals surface area contributed by atoms with E-state index < -0.39 is 6.43 Å². The van der Waals surface area contributed by atoms with Gasteiger partial charge in [-0.2, -0.15) is 0 Å². The van der Waals surface area contributed by atoms with E-state index in [1.165, 1.54) is 0 Å². The van der Waals surface area contributed by atoms with E-state index in [9.17, 15) is 8.78 Å². The van der Waals surface area contributed by atoms with Crippen LogP contribution < -0.4 is 0 Å². The van der Waals surface area contributed by atoms with Crippen LogP contribution in [-0.2, 0) is 0 Å². The molecule has 0 saturated carbocycles. The molecule has 0 bridgehead atoms. The molecular weight excluding hydrogens is 216 g/mol. The van der Waals surface area contributed by atoms with Gasteiger partial charge in [0.05, 0.1) is 6.54 Å².